The van der Waals surface area contributed by atoms with Gasteiger partial charge in [0, 0.05) is 17.1 Å². The van der Waals surface area contributed by atoms with Crippen molar-refractivity contribution in [3.05, 3.63) is 0 Å². The van der Waals surface area contributed by atoms with Gasteiger partial charge in [0.25, 0.3) is 0 Å². The first-order valence-electron chi connectivity index (χ1n) is 1.11. The molecule has 0 aromatic rings. The third kappa shape index (κ3) is 5.11. The van der Waals surface area contributed by atoms with E-state index in [9.17, 15) is 0 Å². The monoisotopic (exact) mass is 209 g/mol. The average molecular weight is 210 g/mol. The maximum Gasteiger partial charge on any atom is 0.379 e. The molecule has 8 heteroatoms. The minimum Gasteiger partial charge on any atom is -0.321 e. The van der Waals surface area contributed by atoms with Crippen LogP contribution in [0, 0.1) is 0 Å². The maximum absolute atomic E-state index is 8.11. The molecule has 0 fully saturated rings. The summed E-state index contributed by atoms with van der Waals surface area (Å²) in [7, 11) is 0. The Morgan fingerprint density at radius 3 is 1.50 bits per heavy atom. The molecule has 0 bridgehead atoms. The zero-order valence-electron chi connectivity index (χ0n) is 3.32. The van der Waals surface area contributed by atoms with Gasteiger partial charge in [0.05, 0.1) is 0 Å². The molecule has 0 saturated heterocycles. The third-order valence-corrected chi connectivity index (χ3v) is 1.02. The van der Waals surface area contributed by atoms with Gasteiger partial charge < -0.3 is 4.89 Å². The van der Waals surface area contributed by atoms with E-state index >= 15 is 0 Å². The van der Waals surface area contributed by atoms with Crippen molar-refractivity contribution in [2.24, 2.45) is 0 Å². The molecule has 0 aromatic carbocycles. The van der Waals surface area contributed by atoms with Gasteiger partial charge in [-0.3, -0.25) is 0 Å². The van der Waals surface area contributed by atoms with Crippen LogP contribution in [0.25, 0.3) is 0 Å². The summed E-state index contributed by atoms with van der Waals surface area (Å²) in [5.41, 5.74) is 0. The zero-order valence-corrected chi connectivity index (χ0v) is 5.97. The molecule has 5 nitrogen and oxygen atoms in total. The van der Waals surface area contributed by atoms with E-state index in [0.29, 0.717) is 0 Å². The van der Waals surface area contributed by atoms with Gasteiger partial charge in [-0.15, -0.1) is 0 Å². The van der Waals surface area contributed by atoms with Crippen LogP contribution in [0.5, 0.6) is 0 Å². The molecule has 0 amide bonds. The molecule has 3 N–H and O–H groups in total. The summed E-state index contributed by atoms with van der Waals surface area (Å²) < 4.78 is 6.19. The van der Waals surface area contributed by atoms with Crippen molar-refractivity contribution in [3.63, 3.8) is 0 Å². The van der Waals surface area contributed by atoms with Gasteiger partial charge >= 0.3 is 6.72 Å². The molecule has 0 atom stereocenters. The minimum atomic E-state index is -3.71. The Labute approximate surface area is 60.8 Å². The first kappa shape index (κ1) is 11.7. The summed E-state index contributed by atoms with van der Waals surface area (Å²) in [4.78, 5) is 8.11. The fourth-order valence-corrected chi connectivity index (χ4v) is 0.0447. The molecule has 8 heavy (non-hydrogen) atoms. The van der Waals surface area contributed by atoms with Gasteiger partial charge in [0.15, 0.2) is 0 Å². The maximum atomic E-state index is 8.11. The second-order valence-corrected chi connectivity index (χ2v) is 3.28. The Morgan fingerprint density at radius 2 is 1.50 bits per heavy atom. The van der Waals surface area contributed by atoms with Crippen molar-refractivity contribution >= 4 is 18.5 Å². The predicted octanol–water partition coefficient (Wildman–Crippen LogP) is 0.180. The Bertz CT molecular complexity index is 84.4. The third-order valence-electron chi connectivity index (χ3n) is 0.206. The fraction of sp³-hybridized carbons (Fsp3) is 0. The minimum absolute atomic E-state index is 0. The van der Waals surface area contributed by atoms with E-state index in [0.717, 1.165) is 0 Å². The Morgan fingerprint density at radius 1 is 1.25 bits per heavy atom. The molecule has 0 aliphatic heterocycles. The van der Waals surface area contributed by atoms with Gasteiger partial charge in [-0.2, -0.15) is 9.35 Å². The van der Waals surface area contributed by atoms with E-state index in [1.54, 1.807) is 0 Å². The Balaban J connectivity index is 0. The second kappa shape index (κ2) is 4.81. The van der Waals surface area contributed by atoms with Crippen molar-refractivity contribution in [2.75, 3.05) is 0 Å². The van der Waals surface area contributed by atoms with E-state index in [1.807, 2.05) is 0 Å². The van der Waals surface area contributed by atoms with Crippen molar-refractivity contribution in [2.45, 2.75) is 0 Å². The first-order valence-corrected chi connectivity index (χ1v) is 3.70. The number of hydrogen-bond acceptors (Lipinski definition) is 5. The van der Waals surface area contributed by atoms with Gasteiger partial charge in [-0.05, 0) is 11.8 Å². The molecule has 0 aromatic heterocycles. The van der Waals surface area contributed by atoms with E-state index in [1.165, 1.54) is 0 Å². The van der Waals surface area contributed by atoms with E-state index in [2.05, 4.69) is 21.2 Å². The smallest absolute Gasteiger partial charge is 0.321 e. The number of rotatable bonds is 2. The predicted molar refractivity (Wildman–Crippen MR) is 23.9 cm³/mol. The quantitative estimate of drug-likeness (QED) is 0.261. The summed E-state index contributed by atoms with van der Waals surface area (Å²) >= 11 is 3.87. The van der Waals surface area contributed by atoms with E-state index < -0.39 is 6.72 Å². The zero-order chi connectivity index (χ0) is 5.91. The molecule has 0 rings (SSSR count). The summed E-state index contributed by atoms with van der Waals surface area (Å²) in [6.45, 7) is -3.71. The van der Waals surface area contributed by atoms with Gasteiger partial charge in [-0.25, -0.2) is 10.5 Å². The van der Waals surface area contributed by atoms with Crippen molar-refractivity contribution in [1.29, 1.82) is 0 Å². The van der Waals surface area contributed by atoms with E-state index in [4.69, 9.17) is 15.4 Å². The largest absolute Gasteiger partial charge is 0.379 e. The molecule has 0 saturated carbocycles. The van der Waals surface area contributed by atoms with Gasteiger partial charge in [-0.1, -0.05) is 0 Å². The van der Waals surface area contributed by atoms with Crippen LogP contribution in [0.15, 0.2) is 0 Å². The van der Waals surface area contributed by atoms with Crippen LogP contribution in [0.3, 0.4) is 0 Å². The summed E-state index contributed by atoms with van der Waals surface area (Å²) in [5.74, 6) is 0. The van der Waals surface area contributed by atoms with Crippen LogP contribution in [0.1, 0.15) is 0 Å². The van der Waals surface area contributed by atoms with Crippen molar-refractivity contribution in [3.8, 4) is 0 Å². The van der Waals surface area contributed by atoms with Crippen LogP contribution in [-0.2, 0) is 38.2 Å². The standard InChI is InChI=1S/Cu.H3O5PS/c;1-4-6(3,7)5-2/h;1-2H,(H,3,7). The molecule has 0 spiro atoms. The fourth-order valence-electron chi connectivity index (χ4n) is 0.0149. The second-order valence-electron chi connectivity index (χ2n) is 0.632. The van der Waals surface area contributed by atoms with E-state index in [-0.39, 0.29) is 17.1 Å². The Hall–Kier alpha value is 0.969. The summed E-state index contributed by atoms with van der Waals surface area (Å²) in [6, 6.07) is 0. The van der Waals surface area contributed by atoms with Crippen molar-refractivity contribution in [1.82, 2.24) is 0 Å². The molecule has 55 valence electrons. The molecule has 0 unspecified atom stereocenters. The van der Waals surface area contributed by atoms with Gasteiger partial charge in [0.1, 0.15) is 0 Å². The van der Waals surface area contributed by atoms with Crippen LogP contribution in [0.4, 0.5) is 0 Å². The van der Waals surface area contributed by atoms with Gasteiger partial charge in [0.2, 0.25) is 0 Å². The van der Waals surface area contributed by atoms with Crippen LogP contribution >= 0.6 is 6.72 Å². The SMILES string of the molecule is OOP(O)(=S)OO.[Cu]. The average Bonchev–Trinajstić information content (AvgIpc) is 1.68. The Kier molecular flexibility index (Phi) is 7.05. The summed E-state index contributed by atoms with van der Waals surface area (Å²) in [6.07, 6.45) is 0. The number of hydrogen-bond donors (Lipinski definition) is 3. The molecular weight excluding hydrogens is 207 g/mol. The molecule has 1 radical (unpaired) electrons. The molecule has 0 aliphatic carbocycles. The molecular formula is H3CuO5PS. The summed E-state index contributed by atoms with van der Waals surface area (Å²) in [5, 5.41) is 15.0. The first-order chi connectivity index (χ1) is 3.12. The molecule has 0 aliphatic rings. The van der Waals surface area contributed by atoms with Crippen LogP contribution in [0.2, 0.25) is 0 Å². The van der Waals surface area contributed by atoms with Crippen LogP contribution < -0.4 is 0 Å². The molecule has 0 heterocycles. The topological polar surface area (TPSA) is 79.2 Å². The van der Waals surface area contributed by atoms with Crippen molar-refractivity contribution < 1.29 is 41.8 Å². The van der Waals surface area contributed by atoms with Crippen LogP contribution in [-0.4, -0.2) is 15.4 Å². The normalized spacial score (nSPS) is 10.4.